The van der Waals surface area contributed by atoms with Crippen molar-refractivity contribution in [2.75, 3.05) is 11.9 Å². The monoisotopic (exact) mass is 353 g/mol. The predicted octanol–water partition coefficient (Wildman–Crippen LogP) is 4.77. The quantitative estimate of drug-likeness (QED) is 0.694. The van der Waals surface area contributed by atoms with Gasteiger partial charge >= 0.3 is 0 Å². The van der Waals surface area contributed by atoms with Crippen molar-refractivity contribution in [3.8, 4) is 0 Å². The number of anilines is 1. The third-order valence-electron chi connectivity index (χ3n) is 5.02. The smallest absolute Gasteiger partial charge is 0.183 e. The fraction of sp³-hybridized carbons (Fsp3) is 0.400. The molecule has 0 aliphatic heterocycles. The van der Waals surface area contributed by atoms with Crippen LogP contribution in [-0.4, -0.2) is 21.6 Å². The van der Waals surface area contributed by atoms with Crippen molar-refractivity contribution in [3.05, 3.63) is 53.9 Å². The lowest BCUT2D eigenvalue weighted by molar-refractivity contribution is 0.220. The molecule has 1 atom stereocenters. The SMILES string of the molecule is OC(c1ccncc1)c1ccc2nc(NCC3CCCCC3)sc2c1. The molecule has 0 amide bonds. The first-order valence-corrected chi connectivity index (χ1v) is 9.83. The molecule has 2 N–H and O–H groups in total. The Morgan fingerprint density at radius 2 is 1.88 bits per heavy atom. The van der Waals surface area contributed by atoms with Crippen LogP contribution >= 0.6 is 11.3 Å². The number of aliphatic hydroxyl groups is 1. The Balaban J connectivity index is 1.49. The van der Waals surface area contributed by atoms with Crippen LogP contribution < -0.4 is 5.32 Å². The molecule has 0 spiro atoms. The minimum atomic E-state index is -0.631. The minimum absolute atomic E-state index is 0.631. The normalized spacial score (nSPS) is 16.8. The van der Waals surface area contributed by atoms with E-state index in [1.54, 1.807) is 23.7 Å². The standard InChI is InChI=1S/C20H23N3OS/c24-19(15-8-10-21-11-9-15)16-6-7-17-18(12-16)25-20(23-17)22-13-14-4-2-1-3-5-14/h6-12,14,19,24H,1-5,13H2,(H,22,23). The molecule has 0 radical (unpaired) electrons. The Hall–Kier alpha value is -1.98. The van der Waals surface area contributed by atoms with Crippen molar-refractivity contribution in [3.63, 3.8) is 0 Å². The van der Waals surface area contributed by atoms with Crippen molar-refractivity contribution in [1.29, 1.82) is 0 Å². The lowest BCUT2D eigenvalue weighted by atomic mass is 9.89. The van der Waals surface area contributed by atoms with Gasteiger partial charge in [0.1, 0.15) is 6.10 Å². The van der Waals surface area contributed by atoms with E-state index in [1.165, 1.54) is 32.1 Å². The number of aromatic nitrogens is 2. The summed E-state index contributed by atoms with van der Waals surface area (Å²) < 4.78 is 1.11. The maximum atomic E-state index is 10.6. The van der Waals surface area contributed by atoms with Crippen LogP contribution in [0.5, 0.6) is 0 Å². The molecule has 3 aromatic rings. The molecule has 4 rings (SSSR count). The van der Waals surface area contributed by atoms with Crippen LogP contribution in [-0.2, 0) is 0 Å². The number of nitrogens with zero attached hydrogens (tertiary/aromatic N) is 2. The zero-order valence-electron chi connectivity index (χ0n) is 14.2. The number of benzene rings is 1. The van der Waals surface area contributed by atoms with Gasteiger partial charge in [0.05, 0.1) is 10.2 Å². The first kappa shape index (κ1) is 16.5. The van der Waals surface area contributed by atoms with Crippen LogP contribution in [0, 0.1) is 5.92 Å². The summed E-state index contributed by atoms with van der Waals surface area (Å²) in [6.07, 6.45) is 9.56. The molecule has 1 aromatic carbocycles. The summed E-state index contributed by atoms with van der Waals surface area (Å²) in [6, 6.07) is 9.69. The molecule has 1 aliphatic rings. The molecular weight excluding hydrogens is 330 g/mol. The van der Waals surface area contributed by atoms with Gasteiger partial charge in [-0.15, -0.1) is 0 Å². The zero-order valence-corrected chi connectivity index (χ0v) is 15.0. The lowest BCUT2D eigenvalue weighted by Gasteiger charge is -2.21. The summed E-state index contributed by atoms with van der Waals surface area (Å²) in [5.41, 5.74) is 2.73. The van der Waals surface area contributed by atoms with E-state index in [4.69, 9.17) is 0 Å². The van der Waals surface area contributed by atoms with E-state index in [2.05, 4.69) is 15.3 Å². The largest absolute Gasteiger partial charge is 0.384 e. The predicted molar refractivity (Wildman–Crippen MR) is 103 cm³/mol. The van der Waals surface area contributed by atoms with Crippen LogP contribution in [0.15, 0.2) is 42.7 Å². The molecule has 0 bridgehead atoms. The highest BCUT2D eigenvalue weighted by Crippen LogP contribution is 2.31. The Bertz CT molecular complexity index is 827. The van der Waals surface area contributed by atoms with Crippen LogP contribution in [0.3, 0.4) is 0 Å². The van der Waals surface area contributed by atoms with E-state index in [0.29, 0.717) is 0 Å². The Kier molecular flexibility index (Phi) is 4.95. The lowest BCUT2D eigenvalue weighted by Crippen LogP contribution is -2.16. The average Bonchev–Trinajstić information content (AvgIpc) is 3.09. The number of thiazole rings is 1. The van der Waals surface area contributed by atoms with Crippen LogP contribution in [0.4, 0.5) is 5.13 Å². The summed E-state index contributed by atoms with van der Waals surface area (Å²) in [5, 5.41) is 15.1. The van der Waals surface area contributed by atoms with E-state index in [1.807, 2.05) is 30.3 Å². The van der Waals surface area contributed by atoms with Crippen molar-refractivity contribution in [2.45, 2.75) is 38.2 Å². The van der Waals surface area contributed by atoms with E-state index in [0.717, 1.165) is 38.9 Å². The van der Waals surface area contributed by atoms with Gasteiger partial charge < -0.3 is 10.4 Å². The van der Waals surface area contributed by atoms with E-state index in [9.17, 15) is 5.11 Å². The first-order valence-electron chi connectivity index (χ1n) is 9.02. The van der Waals surface area contributed by atoms with Gasteiger partial charge in [0.15, 0.2) is 5.13 Å². The molecule has 2 heterocycles. The highest BCUT2D eigenvalue weighted by Gasteiger charge is 2.15. The number of pyridine rings is 1. The number of nitrogens with one attached hydrogen (secondary N) is 1. The van der Waals surface area contributed by atoms with Gasteiger partial charge in [-0.2, -0.15) is 0 Å². The topological polar surface area (TPSA) is 58.0 Å². The average molecular weight is 353 g/mol. The van der Waals surface area contributed by atoms with Gasteiger partial charge in [-0.25, -0.2) is 4.98 Å². The summed E-state index contributed by atoms with van der Waals surface area (Å²) in [5.74, 6) is 0.782. The van der Waals surface area contributed by atoms with Crippen molar-refractivity contribution < 1.29 is 5.11 Å². The summed E-state index contributed by atoms with van der Waals surface area (Å²) in [7, 11) is 0. The van der Waals surface area contributed by atoms with Crippen LogP contribution in [0.1, 0.15) is 49.3 Å². The van der Waals surface area contributed by atoms with Gasteiger partial charge in [-0.3, -0.25) is 4.98 Å². The van der Waals surface area contributed by atoms with Crippen LogP contribution in [0.25, 0.3) is 10.2 Å². The molecule has 5 heteroatoms. The third-order valence-corrected chi connectivity index (χ3v) is 5.99. The first-order chi connectivity index (χ1) is 12.3. The second-order valence-electron chi connectivity index (χ2n) is 6.81. The Morgan fingerprint density at radius 3 is 2.68 bits per heavy atom. The Labute approximate surface area is 152 Å². The molecule has 0 saturated heterocycles. The van der Waals surface area contributed by atoms with Crippen LogP contribution in [0.2, 0.25) is 0 Å². The summed E-state index contributed by atoms with van der Waals surface area (Å²) in [4.78, 5) is 8.69. The van der Waals surface area contributed by atoms with Crippen molar-refractivity contribution >= 4 is 26.7 Å². The van der Waals surface area contributed by atoms with Gasteiger partial charge in [-0.05, 0) is 54.2 Å². The Morgan fingerprint density at radius 1 is 1.08 bits per heavy atom. The van der Waals surface area contributed by atoms with Gasteiger partial charge in [0.25, 0.3) is 0 Å². The second kappa shape index (κ2) is 7.50. The molecule has 2 aromatic heterocycles. The van der Waals surface area contributed by atoms with Crippen molar-refractivity contribution in [2.24, 2.45) is 5.92 Å². The van der Waals surface area contributed by atoms with E-state index < -0.39 is 6.10 Å². The fourth-order valence-electron chi connectivity index (χ4n) is 3.55. The third kappa shape index (κ3) is 3.83. The number of rotatable bonds is 5. The maximum absolute atomic E-state index is 10.6. The second-order valence-corrected chi connectivity index (χ2v) is 7.84. The highest BCUT2D eigenvalue weighted by atomic mass is 32.1. The minimum Gasteiger partial charge on any atom is -0.384 e. The number of aliphatic hydroxyl groups excluding tert-OH is 1. The van der Waals surface area contributed by atoms with Gasteiger partial charge in [0.2, 0.25) is 0 Å². The van der Waals surface area contributed by atoms with Crippen molar-refractivity contribution in [1.82, 2.24) is 9.97 Å². The van der Waals surface area contributed by atoms with E-state index in [-0.39, 0.29) is 0 Å². The highest BCUT2D eigenvalue weighted by molar-refractivity contribution is 7.22. The number of fused-ring (bicyclic) bond motifs is 1. The molecule has 1 aliphatic carbocycles. The molecule has 130 valence electrons. The molecule has 1 unspecified atom stereocenters. The van der Waals surface area contributed by atoms with Gasteiger partial charge in [0, 0.05) is 18.9 Å². The summed E-state index contributed by atoms with van der Waals surface area (Å²) >= 11 is 1.67. The fourth-order valence-corrected chi connectivity index (χ4v) is 4.47. The maximum Gasteiger partial charge on any atom is 0.183 e. The summed E-state index contributed by atoms with van der Waals surface area (Å²) in [6.45, 7) is 1.02. The molecular formula is C20H23N3OS. The van der Waals surface area contributed by atoms with E-state index >= 15 is 0 Å². The number of hydrogen-bond acceptors (Lipinski definition) is 5. The number of hydrogen-bond donors (Lipinski definition) is 2. The molecule has 4 nitrogen and oxygen atoms in total. The molecule has 1 saturated carbocycles. The van der Waals surface area contributed by atoms with Gasteiger partial charge in [-0.1, -0.05) is 36.7 Å². The molecule has 1 fully saturated rings. The molecule has 25 heavy (non-hydrogen) atoms. The zero-order chi connectivity index (χ0) is 17.1.